The van der Waals surface area contributed by atoms with Gasteiger partial charge in [-0.3, -0.25) is 0 Å². The largest absolute Gasteiger partial charge is 0.480 e. The number of halogens is 3. The summed E-state index contributed by atoms with van der Waals surface area (Å²) in [5, 5.41) is 12.6. The molecule has 0 aromatic heterocycles. The Labute approximate surface area is 240 Å². The van der Waals surface area contributed by atoms with Crippen molar-refractivity contribution in [1.29, 1.82) is 0 Å². The Morgan fingerprint density at radius 3 is 1.89 bits per heavy atom. The van der Waals surface area contributed by atoms with Crippen LogP contribution in [0.25, 0.3) is 0 Å². The molecular weight excluding hydrogens is 531 g/mol. The fourth-order valence-corrected chi connectivity index (χ4v) is 4.20. The molecule has 0 saturated heterocycles. The molecule has 4 N–H and O–H groups in total. The molecule has 214 valence electrons. The highest BCUT2D eigenvalue weighted by atomic mass is 35.5. The van der Waals surface area contributed by atoms with Gasteiger partial charge in [0, 0.05) is 6.07 Å². The van der Waals surface area contributed by atoms with E-state index in [-0.39, 0.29) is 15.8 Å². The lowest BCUT2D eigenvalue weighted by Gasteiger charge is -2.06. The molecule has 0 heterocycles. The first-order chi connectivity index (χ1) is 17.9. The van der Waals surface area contributed by atoms with Gasteiger partial charge >= 0.3 is 5.97 Å². The number of unbranched alkanes of at least 4 members (excludes halogenated alkanes) is 12. The Hall–Kier alpha value is -0.980. The fourth-order valence-electron chi connectivity index (χ4n) is 3.60. The summed E-state index contributed by atoms with van der Waals surface area (Å²) in [6, 6.07) is 2.76. The zero-order chi connectivity index (χ0) is 27.6. The van der Waals surface area contributed by atoms with Crippen LogP contribution in [0.15, 0.2) is 24.3 Å². The minimum atomic E-state index is -1.09. The van der Waals surface area contributed by atoms with E-state index in [0.717, 1.165) is 19.5 Å². The zero-order valence-corrected chi connectivity index (χ0v) is 25.0. The normalized spacial score (nSPS) is 10.9. The molecular formula is C29H49Cl3N2O3. The molecule has 8 heteroatoms. The van der Waals surface area contributed by atoms with Crippen LogP contribution in [0.5, 0.6) is 5.75 Å². The molecule has 1 aromatic carbocycles. The molecule has 0 radical (unpaired) electrons. The van der Waals surface area contributed by atoms with Crippen LogP contribution in [0.4, 0.5) is 0 Å². The topological polar surface area (TPSA) is 84.6 Å². The van der Waals surface area contributed by atoms with Gasteiger partial charge in [0.2, 0.25) is 0 Å². The molecule has 0 aliphatic heterocycles. The first-order valence-electron chi connectivity index (χ1n) is 14.0. The Morgan fingerprint density at radius 2 is 1.32 bits per heavy atom. The molecule has 0 saturated carbocycles. The van der Waals surface area contributed by atoms with Gasteiger partial charge in [-0.2, -0.15) is 0 Å². The average Bonchev–Trinajstić information content (AvgIpc) is 2.87. The van der Waals surface area contributed by atoms with Gasteiger partial charge in [0.1, 0.15) is 5.75 Å². The van der Waals surface area contributed by atoms with E-state index in [1.165, 1.54) is 109 Å². The van der Waals surface area contributed by atoms with Crippen molar-refractivity contribution in [2.75, 3.05) is 26.2 Å². The maximum atomic E-state index is 10.2. The Bertz CT molecular complexity index is 718. The van der Waals surface area contributed by atoms with E-state index in [0.29, 0.717) is 5.02 Å². The van der Waals surface area contributed by atoms with E-state index in [1.54, 1.807) is 0 Å². The summed E-state index contributed by atoms with van der Waals surface area (Å²) in [5.41, 5.74) is 5.46. The van der Waals surface area contributed by atoms with Crippen molar-refractivity contribution in [2.24, 2.45) is 5.73 Å². The first kappa shape index (κ1) is 36.0. The SMILES string of the molecule is CCCCCCCC/C=C\CCCCCCCCNCCCN.O=C(O)COc1cc(Cl)c(Cl)cc1Cl. The summed E-state index contributed by atoms with van der Waals surface area (Å²) in [6.07, 6.45) is 25.3. The van der Waals surface area contributed by atoms with Crippen LogP contribution in [0, 0.1) is 0 Å². The smallest absolute Gasteiger partial charge is 0.341 e. The molecule has 0 bridgehead atoms. The number of rotatable bonds is 22. The number of ether oxygens (including phenoxy) is 1. The molecule has 0 aliphatic rings. The molecule has 37 heavy (non-hydrogen) atoms. The number of aliphatic carboxylic acids is 1. The number of carboxylic acids is 1. The van der Waals surface area contributed by atoms with Crippen LogP contribution < -0.4 is 15.8 Å². The molecule has 0 aliphatic carbocycles. The highest BCUT2D eigenvalue weighted by molar-refractivity contribution is 6.43. The number of nitrogens with two attached hydrogens (primary N) is 1. The van der Waals surface area contributed by atoms with Crippen molar-refractivity contribution in [2.45, 2.75) is 103 Å². The molecule has 1 aromatic rings. The van der Waals surface area contributed by atoms with Crippen LogP contribution in [0.2, 0.25) is 15.1 Å². The van der Waals surface area contributed by atoms with Crippen LogP contribution in [-0.4, -0.2) is 37.3 Å². The van der Waals surface area contributed by atoms with Crippen molar-refractivity contribution in [3.63, 3.8) is 0 Å². The number of benzene rings is 1. The molecule has 0 atom stereocenters. The van der Waals surface area contributed by atoms with Crippen LogP contribution in [0.1, 0.15) is 103 Å². The van der Waals surface area contributed by atoms with E-state index < -0.39 is 12.6 Å². The number of carboxylic acid groups (broad SMARTS) is 1. The summed E-state index contributed by atoms with van der Waals surface area (Å²) in [4.78, 5) is 10.2. The molecule has 5 nitrogen and oxygen atoms in total. The summed E-state index contributed by atoms with van der Waals surface area (Å²) in [7, 11) is 0. The third-order valence-corrected chi connectivity index (χ3v) is 6.77. The summed E-state index contributed by atoms with van der Waals surface area (Å²) in [6.45, 7) is 4.87. The third-order valence-electron chi connectivity index (χ3n) is 5.75. The number of carbonyl (C=O) groups is 1. The lowest BCUT2D eigenvalue weighted by atomic mass is 10.1. The summed E-state index contributed by atoms with van der Waals surface area (Å²) < 4.78 is 4.86. The Morgan fingerprint density at radius 1 is 0.811 bits per heavy atom. The molecule has 0 fully saturated rings. The molecule has 1 rings (SSSR count). The predicted octanol–water partition coefficient (Wildman–Crippen LogP) is 9.07. The van der Waals surface area contributed by atoms with E-state index >= 15 is 0 Å². The third kappa shape index (κ3) is 23.8. The van der Waals surface area contributed by atoms with Gasteiger partial charge in [0.15, 0.2) is 6.61 Å². The number of allylic oxidation sites excluding steroid dienone is 2. The predicted molar refractivity (Wildman–Crippen MR) is 161 cm³/mol. The number of hydrogen-bond acceptors (Lipinski definition) is 4. The summed E-state index contributed by atoms with van der Waals surface area (Å²) in [5.74, 6) is -0.893. The van der Waals surface area contributed by atoms with Crippen LogP contribution in [0.3, 0.4) is 0 Å². The van der Waals surface area contributed by atoms with Crippen molar-refractivity contribution in [1.82, 2.24) is 5.32 Å². The van der Waals surface area contributed by atoms with Crippen molar-refractivity contribution in [3.8, 4) is 5.75 Å². The lowest BCUT2D eigenvalue weighted by molar-refractivity contribution is -0.139. The van der Waals surface area contributed by atoms with Gasteiger partial charge in [-0.25, -0.2) is 4.79 Å². The maximum Gasteiger partial charge on any atom is 0.341 e. The number of nitrogens with one attached hydrogen (secondary N) is 1. The van der Waals surface area contributed by atoms with Crippen molar-refractivity contribution >= 4 is 40.8 Å². The van der Waals surface area contributed by atoms with E-state index in [9.17, 15) is 4.79 Å². The fraction of sp³-hybridized carbons (Fsp3) is 0.690. The monoisotopic (exact) mass is 578 g/mol. The van der Waals surface area contributed by atoms with E-state index in [4.69, 9.17) is 50.4 Å². The molecule has 0 unspecified atom stereocenters. The Kier molecular flexibility index (Phi) is 25.9. The second kappa shape index (κ2) is 26.6. The van der Waals surface area contributed by atoms with Crippen molar-refractivity contribution < 1.29 is 14.6 Å². The average molecular weight is 580 g/mol. The second-order valence-corrected chi connectivity index (χ2v) is 10.4. The minimum absolute atomic E-state index is 0.198. The van der Waals surface area contributed by atoms with Gasteiger partial charge in [-0.05, 0) is 64.2 Å². The highest BCUT2D eigenvalue weighted by Crippen LogP contribution is 2.33. The first-order valence-corrected chi connectivity index (χ1v) is 15.1. The van der Waals surface area contributed by atoms with Crippen LogP contribution >= 0.6 is 34.8 Å². The summed E-state index contributed by atoms with van der Waals surface area (Å²) >= 11 is 17.1. The van der Waals surface area contributed by atoms with Gasteiger partial charge in [-0.15, -0.1) is 0 Å². The standard InChI is InChI=1S/C21H44N2.C8H5Cl3O3/c1-2-3-4-5-6-7-8-9-10-11-12-13-14-15-16-17-20-23-21-18-19-22;9-4-1-6(11)7(2-5(4)10)14-3-8(12)13/h9-10,23H,2-8,11-22H2,1H3;1-2H,3H2,(H,12,13)/b10-9-;. The van der Waals surface area contributed by atoms with Gasteiger partial charge < -0.3 is 20.9 Å². The minimum Gasteiger partial charge on any atom is -0.480 e. The van der Waals surface area contributed by atoms with E-state index in [2.05, 4.69) is 24.4 Å². The van der Waals surface area contributed by atoms with E-state index in [1.807, 2.05) is 0 Å². The highest BCUT2D eigenvalue weighted by Gasteiger charge is 2.08. The molecule has 0 amide bonds. The number of hydrogen-bond donors (Lipinski definition) is 3. The maximum absolute atomic E-state index is 10.2. The lowest BCUT2D eigenvalue weighted by Crippen LogP contribution is -2.19. The quantitative estimate of drug-likeness (QED) is 0.0724. The second-order valence-electron chi connectivity index (χ2n) is 9.21. The zero-order valence-electron chi connectivity index (χ0n) is 22.7. The Balaban J connectivity index is 0.000000785. The van der Waals surface area contributed by atoms with Gasteiger partial charge in [-0.1, -0.05) is 112 Å². The van der Waals surface area contributed by atoms with Crippen LogP contribution in [-0.2, 0) is 4.79 Å². The van der Waals surface area contributed by atoms with Gasteiger partial charge in [0.05, 0.1) is 15.1 Å². The van der Waals surface area contributed by atoms with Gasteiger partial charge in [0.25, 0.3) is 0 Å². The molecule has 0 spiro atoms. The van der Waals surface area contributed by atoms with Crippen molar-refractivity contribution in [3.05, 3.63) is 39.4 Å².